The van der Waals surface area contributed by atoms with Crippen LogP contribution in [0.3, 0.4) is 0 Å². The molecule has 0 unspecified atom stereocenters. The zero-order valence-corrected chi connectivity index (χ0v) is 11.7. The normalized spacial score (nSPS) is 22.1. The van der Waals surface area contributed by atoms with Gasteiger partial charge in [-0.15, -0.1) is 0 Å². The van der Waals surface area contributed by atoms with Crippen molar-refractivity contribution in [3.8, 4) is 6.07 Å². The number of allylic oxidation sites excluding steroid dienone is 3. The molecular weight excluding hydrogens is 236 g/mol. The van der Waals surface area contributed by atoms with Crippen LogP contribution >= 0.6 is 0 Å². The molecule has 1 saturated heterocycles. The molecule has 2 aliphatic rings. The van der Waals surface area contributed by atoms with Gasteiger partial charge in [0.15, 0.2) is 0 Å². The van der Waals surface area contributed by atoms with Gasteiger partial charge >= 0.3 is 0 Å². The average Bonchev–Trinajstić information content (AvgIpc) is 2.73. The van der Waals surface area contributed by atoms with Crippen LogP contribution in [0, 0.1) is 11.3 Å². The van der Waals surface area contributed by atoms with Crippen LogP contribution in [-0.2, 0) is 0 Å². The van der Waals surface area contributed by atoms with Crippen molar-refractivity contribution in [2.24, 2.45) is 4.99 Å². The summed E-state index contributed by atoms with van der Waals surface area (Å²) < 4.78 is 0. The fourth-order valence-electron chi connectivity index (χ4n) is 2.50. The van der Waals surface area contributed by atoms with Crippen LogP contribution in [0.5, 0.6) is 0 Å². The van der Waals surface area contributed by atoms with Crippen LogP contribution in [0.1, 0.15) is 19.8 Å². The van der Waals surface area contributed by atoms with Crippen LogP contribution in [-0.4, -0.2) is 55.3 Å². The molecule has 2 heterocycles. The van der Waals surface area contributed by atoms with Crippen molar-refractivity contribution in [3.63, 3.8) is 0 Å². The fraction of sp³-hybridized carbons (Fsp3) is 0.600. The SMILES string of the molecule is CC1=CC=C(CN2CCCN(CC#N)CC2)CC=N1. The van der Waals surface area contributed by atoms with Crippen molar-refractivity contribution < 1.29 is 0 Å². The zero-order chi connectivity index (χ0) is 13.5. The molecule has 0 aromatic carbocycles. The van der Waals surface area contributed by atoms with E-state index in [1.165, 1.54) is 5.57 Å². The van der Waals surface area contributed by atoms with Gasteiger partial charge in [0.1, 0.15) is 0 Å². The van der Waals surface area contributed by atoms with Crippen LogP contribution < -0.4 is 0 Å². The van der Waals surface area contributed by atoms with E-state index in [1.807, 2.05) is 13.1 Å². The summed E-state index contributed by atoms with van der Waals surface area (Å²) in [5, 5.41) is 8.76. The summed E-state index contributed by atoms with van der Waals surface area (Å²) in [4.78, 5) is 9.08. The van der Waals surface area contributed by atoms with Crippen LogP contribution in [0.4, 0.5) is 0 Å². The first kappa shape index (κ1) is 14.0. The molecule has 4 heteroatoms. The van der Waals surface area contributed by atoms with Gasteiger partial charge in [0.2, 0.25) is 0 Å². The maximum Gasteiger partial charge on any atom is 0.0866 e. The predicted molar refractivity (Wildman–Crippen MR) is 78.1 cm³/mol. The van der Waals surface area contributed by atoms with E-state index in [0.717, 1.165) is 51.3 Å². The summed E-state index contributed by atoms with van der Waals surface area (Å²) in [6, 6.07) is 2.25. The highest BCUT2D eigenvalue weighted by atomic mass is 15.2. The Hall–Kier alpha value is -1.44. The summed E-state index contributed by atoms with van der Waals surface area (Å²) in [6.07, 6.45) is 8.41. The van der Waals surface area contributed by atoms with Crippen molar-refractivity contribution in [1.29, 1.82) is 5.26 Å². The van der Waals surface area contributed by atoms with Gasteiger partial charge in [-0.2, -0.15) is 5.26 Å². The average molecular weight is 258 g/mol. The first-order valence-corrected chi connectivity index (χ1v) is 6.98. The Balaban J connectivity index is 1.86. The molecule has 0 saturated carbocycles. The Kier molecular flexibility index (Phi) is 5.31. The molecule has 4 nitrogen and oxygen atoms in total. The monoisotopic (exact) mass is 258 g/mol. The molecule has 0 aromatic rings. The number of hydrogen-bond acceptors (Lipinski definition) is 4. The number of nitrogens with zero attached hydrogens (tertiary/aromatic N) is 4. The van der Waals surface area contributed by atoms with Crippen LogP contribution in [0.2, 0.25) is 0 Å². The molecule has 102 valence electrons. The molecule has 0 radical (unpaired) electrons. The molecular formula is C15H22N4. The maximum absolute atomic E-state index is 8.76. The lowest BCUT2D eigenvalue weighted by atomic mass is 10.1. The first-order chi connectivity index (χ1) is 9.28. The van der Waals surface area contributed by atoms with E-state index in [1.54, 1.807) is 0 Å². The Bertz CT molecular complexity index is 428. The summed E-state index contributed by atoms with van der Waals surface area (Å²) >= 11 is 0. The molecule has 1 fully saturated rings. The molecule has 0 N–H and O–H groups in total. The predicted octanol–water partition coefficient (Wildman–Crippen LogP) is 1.82. The van der Waals surface area contributed by atoms with Gasteiger partial charge in [0, 0.05) is 44.5 Å². The minimum absolute atomic E-state index is 0.561. The lowest BCUT2D eigenvalue weighted by Gasteiger charge is -2.21. The highest BCUT2D eigenvalue weighted by Crippen LogP contribution is 2.11. The van der Waals surface area contributed by atoms with Gasteiger partial charge in [-0.3, -0.25) is 14.8 Å². The topological polar surface area (TPSA) is 42.6 Å². The van der Waals surface area contributed by atoms with Crippen molar-refractivity contribution in [3.05, 3.63) is 23.4 Å². The van der Waals surface area contributed by atoms with E-state index in [0.29, 0.717) is 6.54 Å². The van der Waals surface area contributed by atoms with E-state index >= 15 is 0 Å². The molecule has 2 rings (SSSR count). The van der Waals surface area contributed by atoms with E-state index in [-0.39, 0.29) is 0 Å². The third-order valence-corrected chi connectivity index (χ3v) is 3.61. The molecule has 0 aliphatic carbocycles. The largest absolute Gasteiger partial charge is 0.298 e. The Morgan fingerprint density at radius 3 is 2.84 bits per heavy atom. The molecule has 0 amide bonds. The standard InChI is InChI=1S/C15H22N4/c1-14-3-4-15(5-7-17-14)13-19-9-2-8-18(10-6-16)11-12-19/h3-4,7H,2,5,8-13H2,1H3. The highest BCUT2D eigenvalue weighted by Gasteiger charge is 2.15. The minimum Gasteiger partial charge on any atom is -0.298 e. The van der Waals surface area contributed by atoms with E-state index in [4.69, 9.17) is 5.26 Å². The van der Waals surface area contributed by atoms with Gasteiger partial charge in [0.25, 0.3) is 0 Å². The Morgan fingerprint density at radius 2 is 2.00 bits per heavy atom. The number of rotatable bonds is 3. The minimum atomic E-state index is 0.561. The van der Waals surface area contributed by atoms with Gasteiger partial charge in [-0.1, -0.05) is 11.6 Å². The highest BCUT2D eigenvalue weighted by molar-refractivity contribution is 5.64. The number of hydrogen-bond donors (Lipinski definition) is 0. The lowest BCUT2D eigenvalue weighted by molar-refractivity contribution is 0.284. The first-order valence-electron chi connectivity index (χ1n) is 6.98. The van der Waals surface area contributed by atoms with Crippen molar-refractivity contribution in [2.75, 3.05) is 39.3 Å². The van der Waals surface area contributed by atoms with Gasteiger partial charge < -0.3 is 0 Å². The quantitative estimate of drug-likeness (QED) is 0.725. The van der Waals surface area contributed by atoms with Gasteiger partial charge in [0.05, 0.1) is 12.6 Å². The zero-order valence-electron chi connectivity index (χ0n) is 11.7. The number of aliphatic imine (C=N–C) groups is 1. The van der Waals surface area contributed by atoms with Gasteiger partial charge in [-0.05, 0) is 26.0 Å². The molecule has 0 aromatic heterocycles. The fourth-order valence-corrected chi connectivity index (χ4v) is 2.50. The Morgan fingerprint density at radius 1 is 1.21 bits per heavy atom. The molecule has 0 spiro atoms. The van der Waals surface area contributed by atoms with Crippen LogP contribution in [0.25, 0.3) is 0 Å². The van der Waals surface area contributed by atoms with Gasteiger partial charge in [-0.25, -0.2) is 0 Å². The lowest BCUT2D eigenvalue weighted by Crippen LogP contribution is -2.32. The smallest absolute Gasteiger partial charge is 0.0866 e. The van der Waals surface area contributed by atoms with Crippen molar-refractivity contribution in [2.45, 2.75) is 19.8 Å². The third kappa shape index (κ3) is 4.62. The molecule has 19 heavy (non-hydrogen) atoms. The summed E-state index contributed by atoms with van der Waals surface area (Å²) in [5.41, 5.74) is 2.50. The summed E-state index contributed by atoms with van der Waals surface area (Å²) in [6.45, 7) is 7.84. The molecule has 0 atom stereocenters. The second kappa shape index (κ2) is 7.22. The van der Waals surface area contributed by atoms with Crippen molar-refractivity contribution >= 4 is 6.21 Å². The van der Waals surface area contributed by atoms with Crippen LogP contribution in [0.15, 0.2) is 28.4 Å². The van der Waals surface area contributed by atoms with E-state index in [9.17, 15) is 0 Å². The van der Waals surface area contributed by atoms with Crippen molar-refractivity contribution in [1.82, 2.24) is 9.80 Å². The number of nitriles is 1. The Labute approximate surface area is 115 Å². The maximum atomic E-state index is 8.76. The summed E-state index contributed by atoms with van der Waals surface area (Å²) in [5.74, 6) is 0. The van der Waals surface area contributed by atoms with E-state index in [2.05, 4.69) is 33.0 Å². The molecule has 0 bridgehead atoms. The second-order valence-corrected chi connectivity index (χ2v) is 5.21. The summed E-state index contributed by atoms with van der Waals surface area (Å²) in [7, 11) is 0. The van der Waals surface area contributed by atoms with E-state index < -0.39 is 0 Å². The molecule has 2 aliphatic heterocycles. The second-order valence-electron chi connectivity index (χ2n) is 5.21. The third-order valence-electron chi connectivity index (χ3n) is 3.61.